The quantitative estimate of drug-likeness (QED) is 0.875. The Bertz CT molecular complexity index is 528. The van der Waals surface area contributed by atoms with Crippen molar-refractivity contribution in [3.05, 3.63) is 23.8 Å². The first-order chi connectivity index (χ1) is 9.54. The van der Waals surface area contributed by atoms with Crippen molar-refractivity contribution in [1.82, 2.24) is 4.90 Å². The number of nitrogens with zero attached hydrogens (tertiary/aromatic N) is 1. The lowest BCUT2D eigenvalue weighted by atomic mass is 10.0. The summed E-state index contributed by atoms with van der Waals surface area (Å²) in [6.45, 7) is 0.381. The summed E-state index contributed by atoms with van der Waals surface area (Å²) in [7, 11) is 1.46. The van der Waals surface area contributed by atoms with Crippen molar-refractivity contribution in [2.45, 2.75) is 25.3 Å². The van der Waals surface area contributed by atoms with Crippen LogP contribution < -0.4 is 4.74 Å². The minimum atomic E-state index is -1.01. The zero-order valence-electron chi connectivity index (χ0n) is 11.2. The molecule has 20 heavy (non-hydrogen) atoms. The van der Waals surface area contributed by atoms with E-state index in [-0.39, 0.29) is 11.3 Å². The van der Waals surface area contributed by atoms with E-state index in [0.29, 0.717) is 18.7 Å². The maximum absolute atomic E-state index is 12.5. The highest BCUT2D eigenvalue weighted by molar-refractivity contribution is 5.99. The molecule has 1 saturated heterocycles. The van der Waals surface area contributed by atoms with Crippen LogP contribution in [0.15, 0.2) is 18.2 Å². The molecule has 0 spiro atoms. The van der Waals surface area contributed by atoms with Gasteiger partial charge in [-0.1, -0.05) is 0 Å². The van der Waals surface area contributed by atoms with Crippen LogP contribution in [-0.4, -0.2) is 46.7 Å². The van der Waals surface area contributed by atoms with Gasteiger partial charge < -0.3 is 19.8 Å². The average molecular weight is 279 g/mol. The molecule has 1 heterocycles. The predicted molar refractivity (Wildman–Crippen MR) is 71.0 cm³/mol. The van der Waals surface area contributed by atoms with E-state index in [1.807, 2.05) is 0 Å². The van der Waals surface area contributed by atoms with Crippen LogP contribution in [0.25, 0.3) is 0 Å². The molecule has 1 atom stereocenters. The molecule has 1 aliphatic heterocycles. The van der Waals surface area contributed by atoms with Gasteiger partial charge in [0.05, 0.1) is 12.7 Å². The Hall–Kier alpha value is -2.24. The number of aromatic hydroxyl groups is 1. The van der Waals surface area contributed by atoms with Crippen LogP contribution >= 0.6 is 0 Å². The van der Waals surface area contributed by atoms with Crippen molar-refractivity contribution in [2.24, 2.45) is 0 Å². The summed E-state index contributed by atoms with van der Waals surface area (Å²) < 4.78 is 5.02. The van der Waals surface area contributed by atoms with Crippen molar-refractivity contribution < 1.29 is 24.5 Å². The number of phenolic OH excluding ortho intramolecular Hbond substituents is 1. The second kappa shape index (κ2) is 5.81. The molecule has 0 bridgehead atoms. The molecule has 1 aliphatic rings. The van der Waals surface area contributed by atoms with Gasteiger partial charge in [0.15, 0.2) is 0 Å². The van der Waals surface area contributed by atoms with Crippen LogP contribution in [-0.2, 0) is 4.79 Å². The first-order valence-electron chi connectivity index (χ1n) is 6.45. The number of amides is 1. The van der Waals surface area contributed by atoms with Crippen LogP contribution in [0.3, 0.4) is 0 Å². The van der Waals surface area contributed by atoms with E-state index >= 15 is 0 Å². The van der Waals surface area contributed by atoms with Gasteiger partial charge in [-0.2, -0.15) is 0 Å². The van der Waals surface area contributed by atoms with E-state index in [4.69, 9.17) is 4.74 Å². The van der Waals surface area contributed by atoms with E-state index in [1.54, 1.807) is 0 Å². The number of carbonyl (C=O) groups is 2. The number of carboxylic acids is 1. The monoisotopic (exact) mass is 279 g/mol. The van der Waals surface area contributed by atoms with Crippen LogP contribution in [0.2, 0.25) is 0 Å². The molecular formula is C14H17NO5. The third-order valence-corrected chi connectivity index (χ3v) is 3.48. The summed E-state index contributed by atoms with van der Waals surface area (Å²) in [5.41, 5.74) is 0.0671. The summed E-state index contributed by atoms with van der Waals surface area (Å²) in [6, 6.07) is 3.50. The van der Waals surface area contributed by atoms with E-state index in [1.165, 1.54) is 30.2 Å². The number of hydrogen-bond donors (Lipinski definition) is 2. The Morgan fingerprint density at radius 2 is 2.10 bits per heavy atom. The standard InChI is InChI=1S/C14H17NO5/c1-20-9-5-6-12(16)10(8-9)13(17)15-7-3-2-4-11(15)14(18)19/h5-6,8,11,16H,2-4,7H2,1H3,(H,18,19)/t11-/m0/s1. The van der Waals surface area contributed by atoms with Gasteiger partial charge in [-0.25, -0.2) is 4.79 Å². The Kier molecular flexibility index (Phi) is 4.12. The summed E-state index contributed by atoms with van der Waals surface area (Å²) in [5.74, 6) is -1.23. The summed E-state index contributed by atoms with van der Waals surface area (Å²) in [4.78, 5) is 25.0. The average Bonchev–Trinajstić information content (AvgIpc) is 2.47. The number of likely N-dealkylation sites (tertiary alicyclic amines) is 1. The number of aliphatic carboxylic acids is 1. The topological polar surface area (TPSA) is 87.1 Å². The van der Waals surface area contributed by atoms with Crippen LogP contribution in [0.5, 0.6) is 11.5 Å². The molecule has 1 amide bonds. The highest BCUT2D eigenvalue weighted by Crippen LogP contribution is 2.27. The van der Waals surface area contributed by atoms with Crippen molar-refractivity contribution in [2.75, 3.05) is 13.7 Å². The van der Waals surface area contributed by atoms with E-state index in [2.05, 4.69) is 0 Å². The number of hydrogen-bond acceptors (Lipinski definition) is 4. The van der Waals surface area contributed by atoms with E-state index in [9.17, 15) is 19.8 Å². The maximum Gasteiger partial charge on any atom is 0.326 e. The number of carboxylic acid groups (broad SMARTS) is 1. The predicted octanol–water partition coefficient (Wildman–Crippen LogP) is 1.48. The molecule has 2 N–H and O–H groups in total. The number of benzene rings is 1. The molecule has 108 valence electrons. The van der Waals surface area contributed by atoms with Gasteiger partial charge in [0, 0.05) is 6.54 Å². The summed E-state index contributed by atoms with van der Waals surface area (Å²) in [5, 5.41) is 19.0. The lowest BCUT2D eigenvalue weighted by Gasteiger charge is -2.33. The summed E-state index contributed by atoms with van der Waals surface area (Å²) in [6.07, 6.45) is 1.98. The molecule has 0 unspecified atom stereocenters. The van der Waals surface area contributed by atoms with Crippen molar-refractivity contribution in [3.63, 3.8) is 0 Å². The fourth-order valence-corrected chi connectivity index (χ4v) is 2.40. The van der Waals surface area contributed by atoms with Gasteiger partial charge in [-0.3, -0.25) is 4.79 Å². The van der Waals surface area contributed by atoms with Crippen molar-refractivity contribution in [3.8, 4) is 11.5 Å². The fraction of sp³-hybridized carbons (Fsp3) is 0.429. The molecule has 0 radical (unpaired) electrons. The first-order valence-corrected chi connectivity index (χ1v) is 6.45. The van der Waals surface area contributed by atoms with Crippen molar-refractivity contribution >= 4 is 11.9 Å². The molecule has 0 saturated carbocycles. The third-order valence-electron chi connectivity index (χ3n) is 3.48. The van der Waals surface area contributed by atoms with E-state index in [0.717, 1.165) is 12.8 Å². The Morgan fingerprint density at radius 3 is 2.75 bits per heavy atom. The SMILES string of the molecule is COc1ccc(O)c(C(=O)N2CCCC[C@H]2C(=O)O)c1. The lowest BCUT2D eigenvalue weighted by Crippen LogP contribution is -2.48. The highest BCUT2D eigenvalue weighted by atomic mass is 16.5. The second-order valence-electron chi connectivity index (χ2n) is 4.73. The van der Waals surface area contributed by atoms with Gasteiger partial charge in [0.1, 0.15) is 17.5 Å². The van der Waals surface area contributed by atoms with Gasteiger partial charge in [0.25, 0.3) is 5.91 Å². The zero-order valence-corrected chi connectivity index (χ0v) is 11.2. The Balaban J connectivity index is 2.31. The largest absolute Gasteiger partial charge is 0.507 e. The third kappa shape index (κ3) is 2.68. The van der Waals surface area contributed by atoms with Gasteiger partial charge in [-0.15, -0.1) is 0 Å². The highest BCUT2D eigenvalue weighted by Gasteiger charge is 2.33. The first kappa shape index (κ1) is 14.2. The maximum atomic E-state index is 12.5. The van der Waals surface area contributed by atoms with Crippen LogP contribution in [0.4, 0.5) is 0 Å². The molecule has 0 aromatic heterocycles. The number of ether oxygens (including phenoxy) is 1. The second-order valence-corrected chi connectivity index (χ2v) is 4.73. The van der Waals surface area contributed by atoms with E-state index < -0.39 is 17.9 Å². The molecule has 6 heteroatoms. The van der Waals surface area contributed by atoms with Crippen LogP contribution in [0, 0.1) is 0 Å². The molecule has 1 aromatic rings. The lowest BCUT2D eigenvalue weighted by molar-refractivity contribution is -0.143. The number of carbonyl (C=O) groups excluding carboxylic acids is 1. The number of rotatable bonds is 3. The minimum Gasteiger partial charge on any atom is -0.507 e. The fourth-order valence-electron chi connectivity index (χ4n) is 2.40. The molecular weight excluding hydrogens is 262 g/mol. The van der Waals surface area contributed by atoms with Crippen molar-refractivity contribution in [1.29, 1.82) is 0 Å². The number of piperidine rings is 1. The number of methoxy groups -OCH3 is 1. The Labute approximate surface area is 116 Å². The number of phenols is 1. The van der Waals surface area contributed by atoms with Gasteiger partial charge in [-0.05, 0) is 37.5 Å². The molecule has 2 rings (SSSR count). The normalized spacial score (nSPS) is 18.6. The van der Waals surface area contributed by atoms with Crippen LogP contribution in [0.1, 0.15) is 29.6 Å². The molecule has 1 aromatic carbocycles. The Morgan fingerprint density at radius 1 is 1.35 bits per heavy atom. The summed E-state index contributed by atoms with van der Waals surface area (Å²) >= 11 is 0. The molecule has 6 nitrogen and oxygen atoms in total. The minimum absolute atomic E-state index is 0.0671. The van der Waals surface area contributed by atoms with Gasteiger partial charge in [0.2, 0.25) is 0 Å². The van der Waals surface area contributed by atoms with Gasteiger partial charge >= 0.3 is 5.97 Å². The molecule has 1 fully saturated rings. The zero-order chi connectivity index (χ0) is 14.7. The smallest absolute Gasteiger partial charge is 0.326 e. The molecule has 0 aliphatic carbocycles.